The summed E-state index contributed by atoms with van der Waals surface area (Å²) in [5.41, 5.74) is 0. The Labute approximate surface area is 51.9 Å². The van der Waals surface area contributed by atoms with Crippen molar-refractivity contribution in [2.45, 2.75) is 6.42 Å². The van der Waals surface area contributed by atoms with Crippen LogP contribution in [0.2, 0.25) is 0 Å². The molecule has 8 heavy (non-hydrogen) atoms. The fourth-order valence-corrected chi connectivity index (χ4v) is 0.550. The molecule has 0 bridgehead atoms. The molecule has 1 rings (SSSR count). The van der Waals surface area contributed by atoms with E-state index in [0.29, 0.717) is 11.5 Å². The summed E-state index contributed by atoms with van der Waals surface area (Å²) in [7, 11) is 0. The van der Waals surface area contributed by atoms with E-state index in [1.165, 1.54) is 6.21 Å². The Hall–Kier alpha value is -0.630. The van der Waals surface area contributed by atoms with E-state index in [0.717, 1.165) is 0 Å². The second-order valence-electron chi connectivity index (χ2n) is 1.45. The van der Waals surface area contributed by atoms with Crippen LogP contribution in [0.15, 0.2) is 16.1 Å². The first kappa shape index (κ1) is 5.51. The Morgan fingerprint density at radius 2 is 2.50 bits per heavy atom. The summed E-state index contributed by atoms with van der Waals surface area (Å²) in [6.07, 6.45) is 3.33. The molecule has 0 aromatic heterocycles. The highest BCUT2D eigenvalue weighted by molar-refractivity contribution is 6.40. The van der Waals surface area contributed by atoms with Gasteiger partial charge in [-0.25, -0.2) is 4.99 Å². The predicted molar refractivity (Wildman–Crippen MR) is 32.1 cm³/mol. The van der Waals surface area contributed by atoms with Crippen molar-refractivity contribution in [3.63, 3.8) is 0 Å². The first-order chi connectivity index (χ1) is 3.79. The van der Waals surface area contributed by atoms with Crippen molar-refractivity contribution >= 4 is 23.7 Å². The SMILES string of the molecule is O=C1CC=C(Cl)C=N1. The molecule has 0 radical (unpaired) electrons. The molecule has 1 heterocycles. The van der Waals surface area contributed by atoms with Crippen LogP contribution < -0.4 is 0 Å². The van der Waals surface area contributed by atoms with Crippen LogP contribution in [0.5, 0.6) is 0 Å². The molecule has 0 unspecified atom stereocenters. The van der Waals surface area contributed by atoms with Gasteiger partial charge in [-0.15, -0.1) is 0 Å². The average molecular weight is 130 g/mol. The number of hydrogen-bond acceptors (Lipinski definition) is 1. The van der Waals surface area contributed by atoms with Gasteiger partial charge in [0.05, 0.1) is 5.03 Å². The minimum absolute atomic E-state index is 0.130. The maximum atomic E-state index is 10.3. The molecule has 3 heteroatoms. The second kappa shape index (κ2) is 2.09. The van der Waals surface area contributed by atoms with E-state index in [9.17, 15) is 4.79 Å². The average Bonchev–Trinajstić information content (AvgIpc) is 1.77. The van der Waals surface area contributed by atoms with Crippen molar-refractivity contribution in [3.05, 3.63) is 11.1 Å². The number of carbonyl (C=O) groups excluding carboxylic acids is 1. The lowest BCUT2D eigenvalue weighted by molar-refractivity contribution is -0.117. The van der Waals surface area contributed by atoms with Crippen molar-refractivity contribution in [1.82, 2.24) is 0 Å². The molecule has 0 saturated carbocycles. The molecule has 42 valence electrons. The fourth-order valence-electron chi connectivity index (χ4n) is 0.424. The first-order valence-electron chi connectivity index (χ1n) is 2.21. The molecule has 0 N–H and O–H groups in total. The maximum absolute atomic E-state index is 10.3. The predicted octanol–water partition coefficient (Wildman–Crippen LogP) is 1.11. The first-order valence-corrected chi connectivity index (χ1v) is 2.59. The number of aliphatic imine (C=N–C) groups is 1. The van der Waals surface area contributed by atoms with Crippen LogP contribution in [0.25, 0.3) is 0 Å². The smallest absolute Gasteiger partial charge is 0.249 e. The lowest BCUT2D eigenvalue weighted by atomic mass is 10.3. The lowest BCUT2D eigenvalue weighted by Crippen LogP contribution is -1.96. The lowest BCUT2D eigenvalue weighted by Gasteiger charge is -1.93. The van der Waals surface area contributed by atoms with E-state index in [-0.39, 0.29) is 5.91 Å². The van der Waals surface area contributed by atoms with Gasteiger partial charge in [0, 0.05) is 12.6 Å². The number of hydrogen-bond donors (Lipinski definition) is 0. The van der Waals surface area contributed by atoms with Crippen molar-refractivity contribution in [1.29, 1.82) is 0 Å². The highest BCUT2D eigenvalue weighted by Gasteiger charge is 2.00. The molecule has 0 aliphatic carbocycles. The molecular weight excluding hydrogens is 126 g/mol. The maximum Gasteiger partial charge on any atom is 0.249 e. The van der Waals surface area contributed by atoms with Crippen molar-refractivity contribution in [3.8, 4) is 0 Å². The minimum atomic E-state index is -0.130. The van der Waals surface area contributed by atoms with Crippen LogP contribution in [-0.4, -0.2) is 12.1 Å². The molecular formula is C5H4ClNO. The molecule has 1 amide bonds. The zero-order chi connectivity index (χ0) is 5.98. The number of halogens is 1. The van der Waals surface area contributed by atoms with Gasteiger partial charge in [-0.1, -0.05) is 17.7 Å². The van der Waals surface area contributed by atoms with Gasteiger partial charge in [-0.2, -0.15) is 0 Å². The van der Waals surface area contributed by atoms with Crippen LogP contribution in [0.3, 0.4) is 0 Å². The van der Waals surface area contributed by atoms with E-state index < -0.39 is 0 Å². The molecule has 0 aromatic carbocycles. The summed E-state index contributed by atoms with van der Waals surface area (Å²) >= 11 is 5.44. The molecule has 0 saturated heterocycles. The normalized spacial score (nSPS) is 18.6. The monoisotopic (exact) mass is 129 g/mol. The summed E-state index contributed by atoms with van der Waals surface area (Å²) in [6.45, 7) is 0. The second-order valence-corrected chi connectivity index (χ2v) is 1.88. The summed E-state index contributed by atoms with van der Waals surface area (Å²) < 4.78 is 0. The summed E-state index contributed by atoms with van der Waals surface area (Å²) in [4.78, 5) is 13.8. The number of rotatable bonds is 0. The van der Waals surface area contributed by atoms with E-state index in [1.54, 1.807) is 6.08 Å². The Bertz CT molecular complexity index is 169. The quantitative estimate of drug-likeness (QED) is 0.482. The minimum Gasteiger partial charge on any atom is -0.272 e. The summed E-state index contributed by atoms with van der Waals surface area (Å²) in [5.74, 6) is -0.130. The summed E-state index contributed by atoms with van der Waals surface area (Å²) in [5, 5.41) is 0.546. The van der Waals surface area contributed by atoms with Gasteiger partial charge >= 0.3 is 0 Å². The number of allylic oxidation sites excluding steroid dienone is 1. The Morgan fingerprint density at radius 3 is 2.88 bits per heavy atom. The number of amides is 1. The Morgan fingerprint density at radius 1 is 1.75 bits per heavy atom. The van der Waals surface area contributed by atoms with Gasteiger partial charge in [-0.05, 0) is 0 Å². The van der Waals surface area contributed by atoms with Crippen molar-refractivity contribution in [2.75, 3.05) is 0 Å². The summed E-state index contributed by atoms with van der Waals surface area (Å²) in [6, 6.07) is 0. The Balaban J connectivity index is 2.71. The fraction of sp³-hybridized carbons (Fsp3) is 0.200. The molecule has 0 aromatic rings. The molecule has 2 nitrogen and oxygen atoms in total. The van der Waals surface area contributed by atoms with E-state index in [2.05, 4.69) is 4.99 Å². The molecule has 0 spiro atoms. The van der Waals surface area contributed by atoms with Crippen molar-refractivity contribution < 1.29 is 4.79 Å². The van der Waals surface area contributed by atoms with Crippen LogP contribution >= 0.6 is 11.6 Å². The van der Waals surface area contributed by atoms with E-state index >= 15 is 0 Å². The Kier molecular flexibility index (Phi) is 1.44. The van der Waals surface area contributed by atoms with Gasteiger partial charge in [0.1, 0.15) is 0 Å². The number of carbonyl (C=O) groups is 1. The molecule has 0 fully saturated rings. The number of nitrogens with zero attached hydrogens (tertiary/aromatic N) is 1. The largest absolute Gasteiger partial charge is 0.272 e. The molecule has 1 aliphatic rings. The van der Waals surface area contributed by atoms with Gasteiger partial charge in [0.25, 0.3) is 0 Å². The van der Waals surface area contributed by atoms with E-state index in [4.69, 9.17) is 11.6 Å². The zero-order valence-corrected chi connectivity index (χ0v) is 4.85. The third-order valence-electron chi connectivity index (χ3n) is 0.804. The van der Waals surface area contributed by atoms with Crippen LogP contribution in [0, 0.1) is 0 Å². The zero-order valence-electron chi connectivity index (χ0n) is 4.10. The van der Waals surface area contributed by atoms with Crippen LogP contribution in [-0.2, 0) is 4.79 Å². The standard InChI is InChI=1S/C5H4ClNO/c6-4-1-2-5(8)7-3-4/h1,3H,2H2. The van der Waals surface area contributed by atoms with Crippen LogP contribution in [0.4, 0.5) is 0 Å². The topological polar surface area (TPSA) is 29.4 Å². The van der Waals surface area contributed by atoms with Gasteiger partial charge < -0.3 is 0 Å². The van der Waals surface area contributed by atoms with Crippen molar-refractivity contribution in [2.24, 2.45) is 4.99 Å². The van der Waals surface area contributed by atoms with Gasteiger partial charge in [-0.3, -0.25) is 4.79 Å². The van der Waals surface area contributed by atoms with Gasteiger partial charge in [0.15, 0.2) is 0 Å². The van der Waals surface area contributed by atoms with E-state index in [1.807, 2.05) is 0 Å². The van der Waals surface area contributed by atoms with Crippen LogP contribution in [0.1, 0.15) is 6.42 Å². The molecule has 1 aliphatic heterocycles. The highest BCUT2D eigenvalue weighted by atomic mass is 35.5. The number of dihydropyridines is 1. The third kappa shape index (κ3) is 1.17. The third-order valence-corrected chi connectivity index (χ3v) is 1.06. The highest BCUT2D eigenvalue weighted by Crippen LogP contribution is 2.04. The van der Waals surface area contributed by atoms with Gasteiger partial charge in [0.2, 0.25) is 5.91 Å². The molecule has 0 atom stereocenters.